The molecule has 1 rings (SSSR count). The molecular weight excluding hydrogens is 255 g/mol. The number of hydrogen-bond acceptors (Lipinski definition) is 2. The van der Waals surface area contributed by atoms with Gasteiger partial charge in [0.1, 0.15) is 4.60 Å². The van der Waals surface area contributed by atoms with Crippen molar-refractivity contribution in [2.45, 2.75) is 6.61 Å². The molecule has 0 aromatic carbocycles. The Labute approximate surface area is 80.6 Å². The Morgan fingerprint density at radius 3 is 2.75 bits per heavy atom. The Kier molecular flexibility index (Phi) is 3.22. The second-order valence-corrected chi connectivity index (χ2v) is 2.95. The third-order valence-electron chi connectivity index (χ3n) is 1.02. The van der Waals surface area contributed by atoms with Gasteiger partial charge in [-0.1, -0.05) is 11.6 Å². The third kappa shape index (κ3) is 2.28. The number of nitrogens with zero attached hydrogens (tertiary/aromatic N) is 1. The zero-order chi connectivity index (χ0) is 9.14. The van der Waals surface area contributed by atoms with Crippen molar-refractivity contribution < 1.29 is 13.5 Å². The molecule has 66 valence electrons. The number of alkyl halides is 2. The van der Waals surface area contributed by atoms with Crippen LogP contribution < -0.4 is 4.74 Å². The highest BCUT2D eigenvalue weighted by Gasteiger charge is 2.12. The van der Waals surface area contributed by atoms with E-state index < -0.39 is 6.61 Å². The minimum Gasteiger partial charge on any atom is -0.430 e. The van der Waals surface area contributed by atoms with Crippen molar-refractivity contribution in [2.75, 3.05) is 0 Å². The Morgan fingerprint density at radius 2 is 2.25 bits per heavy atom. The van der Waals surface area contributed by atoms with E-state index >= 15 is 0 Å². The minimum absolute atomic E-state index is 0.0946. The Hall–Kier alpha value is -0.420. The summed E-state index contributed by atoms with van der Waals surface area (Å²) in [6.45, 7) is -2.90. The van der Waals surface area contributed by atoms with E-state index in [0.717, 1.165) is 0 Å². The molecule has 0 unspecified atom stereocenters. The van der Waals surface area contributed by atoms with Gasteiger partial charge in [-0.05, 0) is 22.0 Å². The Bertz CT molecular complexity index is 264. The summed E-state index contributed by atoms with van der Waals surface area (Å²) in [6, 6.07) is 1.37. The van der Waals surface area contributed by atoms with Gasteiger partial charge in [0.15, 0.2) is 5.75 Å². The Morgan fingerprint density at radius 1 is 1.58 bits per heavy atom. The monoisotopic (exact) mass is 257 g/mol. The number of aromatic nitrogens is 1. The van der Waals surface area contributed by atoms with Gasteiger partial charge in [-0.15, -0.1) is 0 Å². The first kappa shape index (κ1) is 9.67. The molecule has 0 aliphatic heterocycles. The van der Waals surface area contributed by atoms with Gasteiger partial charge in [-0.3, -0.25) is 0 Å². The van der Waals surface area contributed by atoms with Gasteiger partial charge in [0.2, 0.25) is 0 Å². The summed E-state index contributed by atoms with van der Waals surface area (Å²) in [6.07, 6.45) is 1.38. The van der Waals surface area contributed by atoms with Crippen LogP contribution >= 0.6 is 27.5 Å². The first-order valence-corrected chi connectivity index (χ1v) is 4.03. The van der Waals surface area contributed by atoms with Gasteiger partial charge in [0, 0.05) is 6.20 Å². The molecule has 0 amide bonds. The van der Waals surface area contributed by atoms with Crippen molar-refractivity contribution >= 4 is 27.5 Å². The molecule has 0 aliphatic rings. The number of rotatable bonds is 2. The molecular formula is C6H3BrClF2NO. The Balaban J connectivity index is 2.96. The van der Waals surface area contributed by atoms with Crippen LogP contribution in [0.4, 0.5) is 8.78 Å². The van der Waals surface area contributed by atoms with E-state index in [1.807, 2.05) is 0 Å². The molecule has 12 heavy (non-hydrogen) atoms. The van der Waals surface area contributed by atoms with E-state index in [2.05, 4.69) is 25.7 Å². The summed E-state index contributed by atoms with van der Waals surface area (Å²) in [5.74, 6) is -0.144. The van der Waals surface area contributed by atoms with Gasteiger partial charge >= 0.3 is 6.61 Å². The first-order chi connectivity index (χ1) is 5.61. The predicted octanol–water partition coefficient (Wildman–Crippen LogP) is 3.10. The lowest BCUT2D eigenvalue weighted by atomic mass is 10.5. The molecule has 0 bridgehead atoms. The van der Waals surface area contributed by atoms with Gasteiger partial charge in [0.05, 0.1) is 5.02 Å². The molecule has 0 saturated heterocycles. The van der Waals surface area contributed by atoms with Crippen LogP contribution in [0.1, 0.15) is 0 Å². The van der Waals surface area contributed by atoms with Gasteiger partial charge < -0.3 is 4.74 Å². The molecule has 6 heteroatoms. The summed E-state index contributed by atoms with van der Waals surface area (Å²) < 4.78 is 27.8. The van der Waals surface area contributed by atoms with Crippen LogP contribution in [0, 0.1) is 0 Å². The van der Waals surface area contributed by atoms with E-state index in [0.29, 0.717) is 0 Å². The largest absolute Gasteiger partial charge is 0.430 e. The van der Waals surface area contributed by atoms with Crippen molar-refractivity contribution in [2.24, 2.45) is 0 Å². The van der Waals surface area contributed by atoms with Crippen molar-refractivity contribution in [1.82, 2.24) is 4.98 Å². The number of halogens is 4. The average Bonchev–Trinajstić information content (AvgIpc) is 1.97. The topological polar surface area (TPSA) is 22.1 Å². The highest BCUT2D eigenvalue weighted by atomic mass is 79.9. The second kappa shape index (κ2) is 4.00. The molecule has 0 N–H and O–H groups in total. The molecule has 0 atom stereocenters. The molecule has 0 spiro atoms. The summed E-state index contributed by atoms with van der Waals surface area (Å²) in [7, 11) is 0. The fraction of sp³-hybridized carbons (Fsp3) is 0.167. The van der Waals surface area contributed by atoms with Crippen molar-refractivity contribution in [1.29, 1.82) is 0 Å². The zero-order valence-electron chi connectivity index (χ0n) is 5.60. The maximum atomic E-state index is 11.8. The predicted molar refractivity (Wildman–Crippen MR) is 43.6 cm³/mol. The number of ether oxygens (including phenoxy) is 1. The van der Waals surface area contributed by atoms with Crippen LogP contribution in [0.15, 0.2) is 16.9 Å². The molecule has 0 saturated carbocycles. The van der Waals surface area contributed by atoms with Crippen LogP contribution in [-0.2, 0) is 0 Å². The van der Waals surface area contributed by atoms with Crippen LogP contribution in [-0.4, -0.2) is 11.6 Å². The van der Waals surface area contributed by atoms with Gasteiger partial charge in [-0.2, -0.15) is 8.78 Å². The van der Waals surface area contributed by atoms with Crippen LogP contribution in [0.2, 0.25) is 5.02 Å². The molecule has 0 radical (unpaired) electrons. The second-order valence-electron chi connectivity index (χ2n) is 1.79. The molecule has 0 fully saturated rings. The van der Waals surface area contributed by atoms with E-state index in [1.165, 1.54) is 12.3 Å². The number of pyridine rings is 1. The summed E-state index contributed by atoms with van der Waals surface area (Å²) in [5.41, 5.74) is 0. The lowest BCUT2D eigenvalue weighted by Crippen LogP contribution is -2.03. The average molecular weight is 258 g/mol. The fourth-order valence-corrected chi connectivity index (χ4v) is 1.32. The smallest absolute Gasteiger partial charge is 0.387 e. The lowest BCUT2D eigenvalue weighted by molar-refractivity contribution is -0.0505. The molecule has 0 aliphatic carbocycles. The zero-order valence-corrected chi connectivity index (χ0v) is 7.94. The molecule has 1 aromatic rings. The quantitative estimate of drug-likeness (QED) is 0.761. The van der Waals surface area contributed by atoms with Crippen LogP contribution in [0.25, 0.3) is 0 Å². The van der Waals surface area contributed by atoms with E-state index in [4.69, 9.17) is 11.6 Å². The van der Waals surface area contributed by atoms with E-state index in [-0.39, 0.29) is 15.4 Å². The molecule has 2 nitrogen and oxygen atoms in total. The van der Waals surface area contributed by atoms with Crippen LogP contribution in [0.3, 0.4) is 0 Å². The van der Waals surface area contributed by atoms with E-state index in [1.54, 1.807) is 0 Å². The SMILES string of the molecule is FC(F)Oc1c(Cl)ccnc1Br. The van der Waals surface area contributed by atoms with Crippen molar-refractivity contribution in [3.8, 4) is 5.75 Å². The minimum atomic E-state index is -2.90. The maximum Gasteiger partial charge on any atom is 0.387 e. The summed E-state index contributed by atoms with van der Waals surface area (Å²) >= 11 is 8.47. The normalized spacial score (nSPS) is 10.4. The molecule has 1 heterocycles. The standard InChI is InChI=1S/C6H3BrClF2NO/c7-5-4(12-6(9)10)3(8)1-2-11-5/h1-2,6H. The van der Waals surface area contributed by atoms with E-state index in [9.17, 15) is 8.78 Å². The van der Waals surface area contributed by atoms with Gasteiger partial charge in [0.25, 0.3) is 0 Å². The first-order valence-electron chi connectivity index (χ1n) is 2.86. The summed E-state index contributed by atoms with van der Waals surface area (Å²) in [4.78, 5) is 3.67. The van der Waals surface area contributed by atoms with Crippen molar-refractivity contribution in [3.63, 3.8) is 0 Å². The lowest BCUT2D eigenvalue weighted by Gasteiger charge is -2.06. The maximum absolute atomic E-state index is 11.8. The fourth-order valence-electron chi connectivity index (χ4n) is 0.595. The third-order valence-corrected chi connectivity index (χ3v) is 1.88. The van der Waals surface area contributed by atoms with Crippen LogP contribution in [0.5, 0.6) is 5.75 Å². The number of hydrogen-bond donors (Lipinski definition) is 0. The highest BCUT2D eigenvalue weighted by molar-refractivity contribution is 9.10. The summed E-state index contributed by atoms with van der Waals surface area (Å²) in [5, 5.41) is 0.0946. The van der Waals surface area contributed by atoms with Crippen molar-refractivity contribution in [3.05, 3.63) is 21.9 Å². The van der Waals surface area contributed by atoms with Gasteiger partial charge in [-0.25, -0.2) is 4.98 Å². The molecule has 1 aromatic heterocycles. The highest BCUT2D eigenvalue weighted by Crippen LogP contribution is 2.31.